The number of hydrogen-bond acceptors (Lipinski definition) is 1. The van der Waals surface area contributed by atoms with E-state index in [2.05, 4.69) is 45.0 Å². The molecule has 1 heterocycles. The number of ether oxygens (including phenoxy) is 1. The Balaban J connectivity index is 1.91. The van der Waals surface area contributed by atoms with Crippen LogP contribution >= 0.6 is 0 Å². The average molecular weight is 242 g/mol. The van der Waals surface area contributed by atoms with Crippen molar-refractivity contribution in [2.24, 2.45) is 11.8 Å². The molecule has 0 spiro atoms. The molecular weight excluding hydrogens is 220 g/mol. The summed E-state index contributed by atoms with van der Waals surface area (Å²) in [6, 6.07) is 8.99. The number of hydrogen-bond donors (Lipinski definition) is 0. The fraction of sp³-hybridized carbons (Fsp3) is 0.647. The van der Waals surface area contributed by atoms with Crippen LogP contribution in [0.25, 0.3) is 0 Å². The Bertz CT molecular complexity index is 504. The summed E-state index contributed by atoms with van der Waals surface area (Å²) in [7, 11) is 0. The molecule has 18 heavy (non-hydrogen) atoms. The van der Waals surface area contributed by atoms with Gasteiger partial charge in [0.25, 0.3) is 0 Å². The predicted octanol–water partition coefficient (Wildman–Crippen LogP) is 4.22. The topological polar surface area (TPSA) is 9.23 Å². The Morgan fingerprint density at radius 3 is 2.78 bits per heavy atom. The number of benzene rings is 1. The smallest absolute Gasteiger partial charge is 0.0871 e. The van der Waals surface area contributed by atoms with Crippen molar-refractivity contribution >= 4 is 0 Å². The highest BCUT2D eigenvalue weighted by molar-refractivity contribution is 5.44. The van der Waals surface area contributed by atoms with Crippen LogP contribution in [-0.4, -0.2) is 5.60 Å². The first-order valence-electron chi connectivity index (χ1n) is 7.29. The summed E-state index contributed by atoms with van der Waals surface area (Å²) in [6.07, 6.45) is 4.35. The first-order chi connectivity index (χ1) is 8.52. The van der Waals surface area contributed by atoms with Crippen molar-refractivity contribution in [1.82, 2.24) is 0 Å². The molecule has 0 aromatic heterocycles. The molecule has 1 aromatic carbocycles. The Kier molecular flexibility index (Phi) is 1.96. The highest BCUT2D eigenvalue weighted by atomic mass is 16.5. The van der Waals surface area contributed by atoms with Gasteiger partial charge in [-0.25, -0.2) is 0 Å². The van der Waals surface area contributed by atoms with Gasteiger partial charge in [-0.3, -0.25) is 0 Å². The van der Waals surface area contributed by atoms with Gasteiger partial charge >= 0.3 is 0 Å². The van der Waals surface area contributed by atoms with E-state index in [0.717, 1.165) is 5.92 Å². The third kappa shape index (κ3) is 1.17. The molecule has 2 bridgehead atoms. The first kappa shape index (κ1) is 11.0. The standard InChI is InChI=1S/C17H22O/c1-16(2)11-8-9-17(3)13-7-5-4-6-12(13)15(18-16)14(17)10-11/h4-7,11,14-15H,8-10H2,1-3H3/t11-,14-,15-,17-/m1/s1. The van der Waals surface area contributed by atoms with E-state index in [1.165, 1.54) is 24.8 Å². The van der Waals surface area contributed by atoms with Crippen LogP contribution in [0, 0.1) is 11.8 Å². The average Bonchev–Trinajstić information content (AvgIpc) is 2.61. The second-order valence-corrected chi connectivity index (χ2v) is 7.22. The van der Waals surface area contributed by atoms with Crippen molar-refractivity contribution in [3.8, 4) is 0 Å². The minimum Gasteiger partial charge on any atom is -0.367 e. The SMILES string of the molecule is CC1(C)O[C@@H]2c3ccccc3[C@@]3(C)CC[C@@H]1C[C@H]23. The summed E-state index contributed by atoms with van der Waals surface area (Å²) >= 11 is 0. The maximum atomic E-state index is 6.52. The molecule has 1 aliphatic heterocycles. The van der Waals surface area contributed by atoms with Gasteiger partial charge in [0, 0.05) is 0 Å². The molecule has 0 amide bonds. The molecule has 2 aliphatic carbocycles. The predicted molar refractivity (Wildman–Crippen MR) is 72.5 cm³/mol. The van der Waals surface area contributed by atoms with Gasteiger partial charge < -0.3 is 4.74 Å². The largest absolute Gasteiger partial charge is 0.367 e. The normalized spacial score (nSPS) is 43.6. The van der Waals surface area contributed by atoms with E-state index in [1.807, 2.05) is 0 Å². The Morgan fingerprint density at radius 1 is 1.17 bits per heavy atom. The van der Waals surface area contributed by atoms with Crippen molar-refractivity contribution < 1.29 is 4.74 Å². The van der Waals surface area contributed by atoms with Crippen molar-refractivity contribution in [2.45, 2.75) is 57.2 Å². The van der Waals surface area contributed by atoms with Crippen LogP contribution in [0.15, 0.2) is 24.3 Å². The lowest BCUT2D eigenvalue weighted by Crippen LogP contribution is -2.50. The van der Waals surface area contributed by atoms with Crippen molar-refractivity contribution in [1.29, 1.82) is 0 Å². The molecule has 2 fully saturated rings. The molecule has 0 radical (unpaired) electrons. The lowest BCUT2D eigenvalue weighted by Gasteiger charge is -2.52. The van der Waals surface area contributed by atoms with Crippen LogP contribution in [0.5, 0.6) is 0 Å². The zero-order chi connectivity index (χ0) is 12.5. The summed E-state index contributed by atoms with van der Waals surface area (Å²) in [5.41, 5.74) is 3.46. The van der Waals surface area contributed by atoms with Crippen molar-refractivity contribution in [2.75, 3.05) is 0 Å². The molecule has 0 N–H and O–H groups in total. The van der Waals surface area contributed by atoms with Gasteiger partial charge in [0.05, 0.1) is 11.7 Å². The van der Waals surface area contributed by atoms with Gasteiger partial charge in [-0.05, 0) is 61.5 Å². The fourth-order valence-corrected chi connectivity index (χ4v) is 4.82. The summed E-state index contributed by atoms with van der Waals surface area (Å²) < 4.78 is 6.52. The lowest BCUT2D eigenvalue weighted by molar-refractivity contribution is -0.192. The molecule has 4 atom stereocenters. The van der Waals surface area contributed by atoms with Crippen molar-refractivity contribution in [3.05, 3.63) is 35.4 Å². The summed E-state index contributed by atoms with van der Waals surface area (Å²) in [5, 5.41) is 0. The summed E-state index contributed by atoms with van der Waals surface area (Å²) in [4.78, 5) is 0. The maximum absolute atomic E-state index is 6.52. The monoisotopic (exact) mass is 242 g/mol. The molecule has 3 aliphatic rings. The molecular formula is C17H22O. The number of rotatable bonds is 0. The summed E-state index contributed by atoms with van der Waals surface area (Å²) in [6.45, 7) is 7.04. The Labute approximate surface area is 110 Å². The van der Waals surface area contributed by atoms with Crippen molar-refractivity contribution in [3.63, 3.8) is 0 Å². The van der Waals surface area contributed by atoms with Crippen LogP contribution in [0.4, 0.5) is 0 Å². The minimum absolute atomic E-state index is 0.0555. The van der Waals surface area contributed by atoms with E-state index in [9.17, 15) is 0 Å². The van der Waals surface area contributed by atoms with Gasteiger partial charge in [0.1, 0.15) is 0 Å². The summed E-state index contributed by atoms with van der Waals surface area (Å²) in [5.74, 6) is 1.46. The molecule has 1 heteroatoms. The molecule has 1 saturated carbocycles. The zero-order valence-electron chi connectivity index (χ0n) is 11.6. The molecule has 1 nitrogen and oxygen atoms in total. The molecule has 4 rings (SSSR count). The van der Waals surface area contributed by atoms with Gasteiger partial charge in [-0.15, -0.1) is 0 Å². The van der Waals surface area contributed by atoms with E-state index >= 15 is 0 Å². The molecule has 96 valence electrons. The minimum atomic E-state index is 0.0555. The Hall–Kier alpha value is -0.820. The van der Waals surface area contributed by atoms with Gasteiger partial charge in [-0.1, -0.05) is 31.2 Å². The maximum Gasteiger partial charge on any atom is 0.0871 e. The van der Waals surface area contributed by atoms with E-state index in [1.54, 1.807) is 5.56 Å². The van der Waals surface area contributed by atoms with Crippen LogP contribution in [0.1, 0.15) is 57.3 Å². The molecule has 1 saturated heterocycles. The highest BCUT2D eigenvalue weighted by Gasteiger charge is 2.58. The second kappa shape index (κ2) is 3.19. The van der Waals surface area contributed by atoms with Crippen LogP contribution in [0.3, 0.4) is 0 Å². The molecule has 1 aromatic rings. The third-order valence-corrected chi connectivity index (χ3v) is 6.03. The fourth-order valence-electron chi connectivity index (χ4n) is 4.82. The Morgan fingerprint density at radius 2 is 1.94 bits per heavy atom. The number of fused-ring (bicyclic) bond motifs is 4. The zero-order valence-corrected chi connectivity index (χ0v) is 11.6. The molecule has 0 unspecified atom stereocenters. The van der Waals surface area contributed by atoms with E-state index in [-0.39, 0.29) is 5.60 Å². The second-order valence-electron chi connectivity index (χ2n) is 7.22. The van der Waals surface area contributed by atoms with Crippen LogP contribution in [0.2, 0.25) is 0 Å². The highest BCUT2D eigenvalue weighted by Crippen LogP contribution is 2.63. The van der Waals surface area contributed by atoms with Gasteiger partial charge in [0.2, 0.25) is 0 Å². The third-order valence-electron chi connectivity index (χ3n) is 6.03. The van der Waals surface area contributed by atoms with Gasteiger partial charge in [-0.2, -0.15) is 0 Å². The van der Waals surface area contributed by atoms with E-state index < -0.39 is 0 Å². The quantitative estimate of drug-likeness (QED) is 0.661. The van der Waals surface area contributed by atoms with Gasteiger partial charge in [0.15, 0.2) is 0 Å². The van der Waals surface area contributed by atoms with E-state index in [4.69, 9.17) is 4.74 Å². The lowest BCUT2D eigenvalue weighted by atomic mass is 9.60. The van der Waals surface area contributed by atoms with E-state index in [0.29, 0.717) is 17.4 Å². The van der Waals surface area contributed by atoms with Crippen LogP contribution in [-0.2, 0) is 10.2 Å². The first-order valence-corrected chi connectivity index (χ1v) is 7.29. The van der Waals surface area contributed by atoms with Crippen LogP contribution < -0.4 is 0 Å².